The molecule has 0 saturated heterocycles. The molecule has 0 amide bonds. The highest BCUT2D eigenvalue weighted by Crippen LogP contribution is 2.43. The minimum atomic E-state index is 0.376. The van der Waals surface area contributed by atoms with Gasteiger partial charge < -0.3 is 56.8 Å². The molecular formula is C38H54O12. The Balaban J connectivity index is 1.47. The molecule has 3 aromatic carbocycles. The Morgan fingerprint density at radius 1 is 0.300 bits per heavy atom. The van der Waals surface area contributed by atoms with Crippen molar-refractivity contribution in [3.8, 4) is 23.0 Å². The van der Waals surface area contributed by atoms with Crippen LogP contribution in [0.2, 0.25) is 0 Å². The number of benzene rings is 3. The molecule has 0 aliphatic carbocycles. The van der Waals surface area contributed by atoms with E-state index in [1.165, 1.54) is 11.1 Å². The van der Waals surface area contributed by atoms with Gasteiger partial charge in [-0.05, 0) is 69.8 Å². The maximum absolute atomic E-state index is 6.31. The standard InChI is InChI=1S/C38H54O12/c1-3-29-31-25-35-37(49-23-19-45-15-11-41-7-5-39-9-13-43-17-21-47-35)27-33(31)30(4-2)34-28-38-36(26-32(29)34)48-22-18-44-14-10-40-6-8-42-12-16-46-20-24-50-38/h25-28H,3-24H2,1-2H3. The average Bonchev–Trinajstić information content (AvgIpc) is 3.13. The smallest absolute Gasteiger partial charge is 0.161 e. The Hall–Kier alpha value is -2.94. The molecule has 0 bridgehead atoms. The van der Waals surface area contributed by atoms with Gasteiger partial charge in [0, 0.05) is 0 Å². The van der Waals surface area contributed by atoms with Crippen LogP contribution >= 0.6 is 0 Å². The summed E-state index contributed by atoms with van der Waals surface area (Å²) in [6, 6.07) is 8.42. The van der Waals surface area contributed by atoms with Gasteiger partial charge in [0.2, 0.25) is 0 Å². The molecule has 2 aliphatic heterocycles. The molecule has 278 valence electrons. The first-order valence-electron chi connectivity index (χ1n) is 18.0. The summed E-state index contributed by atoms with van der Waals surface area (Å²) in [4.78, 5) is 0. The van der Waals surface area contributed by atoms with Crippen molar-refractivity contribution in [2.75, 3.05) is 132 Å². The third kappa shape index (κ3) is 11.5. The molecule has 5 rings (SSSR count). The summed E-state index contributed by atoms with van der Waals surface area (Å²) in [5.41, 5.74) is 2.38. The zero-order chi connectivity index (χ0) is 34.6. The van der Waals surface area contributed by atoms with E-state index in [-0.39, 0.29) is 0 Å². The zero-order valence-electron chi connectivity index (χ0n) is 29.8. The van der Waals surface area contributed by atoms with Crippen molar-refractivity contribution in [2.24, 2.45) is 0 Å². The summed E-state index contributed by atoms with van der Waals surface area (Å²) in [5, 5.41) is 4.46. The molecule has 2 aliphatic rings. The first-order chi connectivity index (χ1) is 24.8. The molecule has 50 heavy (non-hydrogen) atoms. The SMILES string of the molecule is CCc1c2cc3c(cc2c(CC)c2cc4c(cc12)OCCOCCOCCOCCOCCO4)OCCOCCOCCOCCOCCO3. The van der Waals surface area contributed by atoms with Gasteiger partial charge in [0.15, 0.2) is 23.0 Å². The number of fused-ring (bicyclic) bond motifs is 4. The molecule has 0 aromatic heterocycles. The van der Waals surface area contributed by atoms with E-state index in [1.54, 1.807) is 0 Å². The Labute approximate surface area is 295 Å². The lowest BCUT2D eigenvalue weighted by atomic mass is 9.89. The molecule has 12 nitrogen and oxygen atoms in total. The third-order valence-corrected chi connectivity index (χ3v) is 8.35. The second-order valence-electron chi connectivity index (χ2n) is 11.6. The maximum Gasteiger partial charge on any atom is 0.161 e. The summed E-state index contributed by atoms with van der Waals surface area (Å²) >= 11 is 0. The monoisotopic (exact) mass is 702 g/mol. The highest BCUT2D eigenvalue weighted by molar-refractivity contribution is 6.07. The van der Waals surface area contributed by atoms with Crippen molar-refractivity contribution in [2.45, 2.75) is 26.7 Å². The molecule has 0 fully saturated rings. The van der Waals surface area contributed by atoms with Crippen LogP contribution in [0.5, 0.6) is 23.0 Å². The van der Waals surface area contributed by atoms with E-state index in [9.17, 15) is 0 Å². The van der Waals surface area contributed by atoms with Gasteiger partial charge in [0.1, 0.15) is 26.4 Å². The van der Waals surface area contributed by atoms with E-state index in [0.29, 0.717) is 155 Å². The van der Waals surface area contributed by atoms with Crippen molar-refractivity contribution in [3.63, 3.8) is 0 Å². The fraction of sp³-hybridized carbons (Fsp3) is 0.632. The van der Waals surface area contributed by atoms with Gasteiger partial charge in [0.05, 0.1) is 106 Å². The molecule has 2 heterocycles. The summed E-state index contributed by atoms with van der Waals surface area (Å²) in [5.74, 6) is 2.67. The van der Waals surface area contributed by atoms with Crippen LogP contribution in [-0.2, 0) is 50.7 Å². The van der Waals surface area contributed by atoms with Crippen LogP contribution in [0.15, 0.2) is 24.3 Å². The van der Waals surface area contributed by atoms with Gasteiger partial charge in [-0.2, -0.15) is 0 Å². The molecule has 0 atom stereocenters. The summed E-state index contributed by atoms with van der Waals surface area (Å²) in [6.07, 6.45) is 1.60. The lowest BCUT2D eigenvalue weighted by Gasteiger charge is -2.21. The van der Waals surface area contributed by atoms with E-state index in [0.717, 1.165) is 34.4 Å². The van der Waals surface area contributed by atoms with E-state index >= 15 is 0 Å². The number of ether oxygens (including phenoxy) is 12. The quantitative estimate of drug-likeness (QED) is 0.343. The molecule has 0 radical (unpaired) electrons. The van der Waals surface area contributed by atoms with E-state index in [4.69, 9.17) is 56.8 Å². The van der Waals surface area contributed by atoms with Gasteiger partial charge in [-0.3, -0.25) is 0 Å². The molecule has 0 spiro atoms. The number of rotatable bonds is 2. The number of aryl methyl sites for hydroxylation is 2. The Morgan fingerprint density at radius 3 is 0.660 bits per heavy atom. The fourth-order valence-electron chi connectivity index (χ4n) is 5.99. The lowest BCUT2D eigenvalue weighted by Crippen LogP contribution is -2.16. The highest BCUT2D eigenvalue weighted by atomic mass is 16.6. The van der Waals surface area contributed by atoms with Crippen LogP contribution in [0, 0.1) is 0 Å². The van der Waals surface area contributed by atoms with Crippen LogP contribution in [-0.4, -0.2) is 132 Å². The molecule has 0 saturated carbocycles. The van der Waals surface area contributed by atoms with Crippen molar-refractivity contribution < 1.29 is 56.8 Å². The normalized spacial score (nSPS) is 19.6. The largest absolute Gasteiger partial charge is 0.487 e. The van der Waals surface area contributed by atoms with Crippen LogP contribution < -0.4 is 18.9 Å². The maximum atomic E-state index is 6.31. The molecule has 12 heteroatoms. The van der Waals surface area contributed by atoms with Crippen molar-refractivity contribution in [3.05, 3.63) is 35.4 Å². The molecule has 0 N–H and O–H groups in total. The van der Waals surface area contributed by atoms with Crippen molar-refractivity contribution in [1.29, 1.82) is 0 Å². The minimum absolute atomic E-state index is 0.376. The van der Waals surface area contributed by atoms with Crippen molar-refractivity contribution in [1.82, 2.24) is 0 Å². The summed E-state index contributed by atoms with van der Waals surface area (Å²) in [6.45, 7) is 13.6. The fourth-order valence-corrected chi connectivity index (χ4v) is 5.99. The van der Waals surface area contributed by atoms with E-state index in [1.807, 2.05) is 0 Å². The minimum Gasteiger partial charge on any atom is -0.487 e. The second kappa shape index (κ2) is 22.1. The second-order valence-corrected chi connectivity index (χ2v) is 11.6. The molecule has 3 aromatic rings. The van der Waals surface area contributed by atoms with Crippen molar-refractivity contribution >= 4 is 21.5 Å². The highest BCUT2D eigenvalue weighted by Gasteiger charge is 2.20. The predicted octanol–water partition coefficient (Wildman–Crippen LogP) is 4.79. The number of hydrogen-bond acceptors (Lipinski definition) is 12. The van der Waals surface area contributed by atoms with Crippen LogP contribution in [0.4, 0.5) is 0 Å². The molecular weight excluding hydrogens is 648 g/mol. The van der Waals surface area contributed by atoms with Crippen LogP contribution in [0.3, 0.4) is 0 Å². The predicted molar refractivity (Wildman–Crippen MR) is 189 cm³/mol. The van der Waals surface area contributed by atoms with Gasteiger partial charge in [-0.25, -0.2) is 0 Å². The first kappa shape index (κ1) is 38.3. The summed E-state index contributed by atoms with van der Waals surface area (Å²) < 4.78 is 70.5. The lowest BCUT2D eigenvalue weighted by molar-refractivity contribution is -0.00840. The van der Waals surface area contributed by atoms with E-state index < -0.39 is 0 Å². The zero-order valence-corrected chi connectivity index (χ0v) is 29.8. The topological polar surface area (TPSA) is 111 Å². The van der Waals surface area contributed by atoms with Crippen LogP contribution in [0.1, 0.15) is 25.0 Å². The third-order valence-electron chi connectivity index (χ3n) is 8.35. The van der Waals surface area contributed by atoms with Gasteiger partial charge in [0.25, 0.3) is 0 Å². The Bertz CT molecular complexity index is 1220. The van der Waals surface area contributed by atoms with Crippen LogP contribution in [0.25, 0.3) is 21.5 Å². The first-order valence-corrected chi connectivity index (χ1v) is 18.0. The average molecular weight is 703 g/mol. The van der Waals surface area contributed by atoms with E-state index in [2.05, 4.69) is 38.1 Å². The Kier molecular flexibility index (Phi) is 16.9. The summed E-state index contributed by atoms with van der Waals surface area (Å²) in [7, 11) is 0. The van der Waals surface area contributed by atoms with Gasteiger partial charge in [-0.1, -0.05) is 13.8 Å². The van der Waals surface area contributed by atoms with Gasteiger partial charge >= 0.3 is 0 Å². The Morgan fingerprint density at radius 2 is 0.480 bits per heavy atom. The number of hydrogen-bond donors (Lipinski definition) is 0. The van der Waals surface area contributed by atoms with Gasteiger partial charge in [-0.15, -0.1) is 0 Å². The molecule has 0 unspecified atom stereocenters.